The zero-order valence-corrected chi connectivity index (χ0v) is 13.7. The smallest absolute Gasteiger partial charge is 0.459 e. The van der Waals surface area contributed by atoms with Gasteiger partial charge in [-0.1, -0.05) is 25.0 Å². The van der Waals surface area contributed by atoms with Crippen molar-refractivity contribution in [3.05, 3.63) is 37.2 Å². The van der Waals surface area contributed by atoms with Crippen molar-refractivity contribution in [2.45, 2.75) is 26.5 Å². The zero-order valence-electron chi connectivity index (χ0n) is 11.2. The molecule has 0 atom stereocenters. The maximum Gasteiger partial charge on any atom is 2.00 e. The van der Waals surface area contributed by atoms with Crippen molar-refractivity contribution in [3.8, 4) is 11.4 Å². The molecule has 7 heteroatoms. The molecule has 0 bridgehead atoms. The van der Waals surface area contributed by atoms with Crippen molar-refractivity contribution in [3.63, 3.8) is 0 Å². The second-order valence-electron chi connectivity index (χ2n) is 4.57. The van der Waals surface area contributed by atoms with Crippen LogP contribution in [0, 0.1) is 0 Å². The van der Waals surface area contributed by atoms with Crippen molar-refractivity contribution < 1.29 is 19.8 Å². The molecule has 0 aromatic rings. The minimum absolute atomic E-state index is 0. The molecule has 0 spiro atoms. The van der Waals surface area contributed by atoms with E-state index in [-0.39, 0.29) is 19.8 Å². The fraction of sp³-hybridized carbons (Fsp3) is 0.333. The molecular formula is C12H16B2N4Os. The van der Waals surface area contributed by atoms with Crippen LogP contribution in [0.3, 0.4) is 0 Å². The number of fused-ring (bicyclic) bond motifs is 3. The second-order valence-corrected chi connectivity index (χ2v) is 4.57. The molecule has 19 heavy (non-hydrogen) atoms. The quantitative estimate of drug-likeness (QED) is 0.446. The standard InChI is InChI=1S/C12H16B2N4.Os/c1-13-7-15-5-11-3-4-12-6-16(8-14-2)10-18(12)17(11)9-15;/h3-6,9-10H,7-8H2,1-2H3;/q-2;+2. The summed E-state index contributed by atoms with van der Waals surface area (Å²) >= 11 is 0. The molecule has 3 aliphatic heterocycles. The molecule has 0 aromatic carbocycles. The Morgan fingerprint density at radius 2 is 1.32 bits per heavy atom. The molecule has 0 aliphatic carbocycles. The van der Waals surface area contributed by atoms with E-state index in [1.807, 2.05) is 0 Å². The van der Waals surface area contributed by atoms with E-state index in [9.17, 15) is 0 Å². The van der Waals surface area contributed by atoms with E-state index in [2.05, 4.69) is 83.9 Å². The summed E-state index contributed by atoms with van der Waals surface area (Å²) in [5.41, 5.74) is 2.40. The molecule has 0 amide bonds. The van der Waals surface area contributed by atoms with Gasteiger partial charge in [-0.2, -0.15) is 0 Å². The first kappa shape index (κ1) is 14.3. The SMILES string of the molecule is C[B]Cn1cc2ccc3cn(C[B]C)[cH-]n-3n-2[cH-]1.[Os+2]. The fourth-order valence-electron chi connectivity index (χ4n) is 2.33. The number of nitrogens with zero attached hydrogens (tertiary/aromatic N) is 4. The molecule has 3 rings (SSSR count). The summed E-state index contributed by atoms with van der Waals surface area (Å²) in [7, 11) is 4.30. The topological polar surface area (TPSA) is 19.7 Å². The van der Waals surface area contributed by atoms with Crippen molar-refractivity contribution in [2.24, 2.45) is 0 Å². The van der Waals surface area contributed by atoms with Crippen LogP contribution in [-0.2, 0) is 32.7 Å². The van der Waals surface area contributed by atoms with E-state index in [1.165, 1.54) is 11.4 Å². The first-order valence-electron chi connectivity index (χ1n) is 6.29. The monoisotopic (exact) mass is 430 g/mol. The van der Waals surface area contributed by atoms with Gasteiger partial charge in [-0.3, -0.25) is 0 Å². The molecule has 3 aliphatic rings. The summed E-state index contributed by atoms with van der Waals surface area (Å²) in [6, 6.07) is 4.31. The number of rotatable bonds is 4. The third-order valence-electron chi connectivity index (χ3n) is 3.08. The van der Waals surface area contributed by atoms with Gasteiger partial charge in [-0.25, -0.2) is 0 Å². The van der Waals surface area contributed by atoms with Crippen molar-refractivity contribution in [2.75, 3.05) is 0 Å². The van der Waals surface area contributed by atoms with Gasteiger partial charge in [0.05, 0.1) is 0 Å². The predicted molar refractivity (Wildman–Crippen MR) is 75.5 cm³/mol. The van der Waals surface area contributed by atoms with E-state index >= 15 is 0 Å². The normalized spacial score (nSPS) is 10.6. The Morgan fingerprint density at radius 3 is 1.68 bits per heavy atom. The number of aromatic nitrogens is 4. The molecule has 0 aromatic heterocycles. The molecule has 0 unspecified atom stereocenters. The zero-order chi connectivity index (χ0) is 12.5. The Hall–Kier alpha value is -1.07. The Kier molecular flexibility index (Phi) is 4.47. The van der Waals surface area contributed by atoms with Crippen molar-refractivity contribution in [1.82, 2.24) is 18.5 Å². The van der Waals surface area contributed by atoms with Crippen LogP contribution in [0.5, 0.6) is 0 Å². The molecule has 98 valence electrons. The van der Waals surface area contributed by atoms with Crippen LogP contribution in [0.25, 0.3) is 11.4 Å². The van der Waals surface area contributed by atoms with Crippen LogP contribution in [0.4, 0.5) is 0 Å². The molecule has 0 N–H and O–H groups in total. The summed E-state index contributed by atoms with van der Waals surface area (Å²) in [4.78, 5) is 0. The minimum atomic E-state index is 0. The maximum atomic E-state index is 2.19. The number of hydrogen-bond donors (Lipinski definition) is 0. The average Bonchev–Trinajstić information content (AvgIpc) is 2.91. The number of imidazole rings is 2. The molecule has 2 radical (unpaired) electrons. The largest absolute Gasteiger partial charge is 2.00 e. The van der Waals surface area contributed by atoms with Gasteiger partial charge < -0.3 is 18.5 Å². The first-order valence-corrected chi connectivity index (χ1v) is 6.29. The summed E-state index contributed by atoms with van der Waals surface area (Å²) in [6.07, 6.45) is 10.5. The van der Waals surface area contributed by atoms with E-state index in [1.54, 1.807) is 0 Å². The Balaban J connectivity index is 0.00000133. The van der Waals surface area contributed by atoms with Gasteiger partial charge in [0.2, 0.25) is 0 Å². The van der Waals surface area contributed by atoms with E-state index in [4.69, 9.17) is 0 Å². The third kappa shape index (κ3) is 2.62. The maximum absolute atomic E-state index is 2.19. The summed E-state index contributed by atoms with van der Waals surface area (Å²) in [5.74, 6) is 0. The Bertz CT molecular complexity index is 554. The Labute approximate surface area is 128 Å². The van der Waals surface area contributed by atoms with Crippen molar-refractivity contribution in [1.29, 1.82) is 0 Å². The molecule has 3 heterocycles. The Morgan fingerprint density at radius 1 is 0.895 bits per heavy atom. The van der Waals surface area contributed by atoms with E-state index < -0.39 is 0 Å². The van der Waals surface area contributed by atoms with Crippen molar-refractivity contribution >= 4 is 14.6 Å². The summed E-state index contributed by atoms with van der Waals surface area (Å²) in [6.45, 7) is 4.15. The summed E-state index contributed by atoms with van der Waals surface area (Å²) in [5, 5.41) is 0. The van der Waals surface area contributed by atoms with E-state index in [0.29, 0.717) is 0 Å². The third-order valence-corrected chi connectivity index (χ3v) is 3.08. The predicted octanol–water partition coefficient (Wildman–Crippen LogP) is 1.73. The van der Waals surface area contributed by atoms with Crippen LogP contribution >= 0.6 is 0 Å². The first-order chi connectivity index (χ1) is 8.81. The van der Waals surface area contributed by atoms with Gasteiger partial charge in [0, 0.05) is 0 Å². The fourth-order valence-corrected chi connectivity index (χ4v) is 2.33. The number of hydrogen-bond acceptors (Lipinski definition) is 0. The van der Waals surface area contributed by atoms with Crippen LogP contribution in [0.15, 0.2) is 37.2 Å². The van der Waals surface area contributed by atoms with Gasteiger partial charge in [-0.05, 0) is 25.5 Å². The van der Waals surface area contributed by atoms with Crippen LogP contribution in [0.1, 0.15) is 0 Å². The molecule has 4 nitrogen and oxygen atoms in total. The second kappa shape index (κ2) is 5.92. The van der Waals surface area contributed by atoms with Gasteiger partial charge in [0.25, 0.3) is 0 Å². The van der Waals surface area contributed by atoms with Crippen LogP contribution in [0.2, 0.25) is 13.6 Å². The molecule has 0 saturated heterocycles. The van der Waals surface area contributed by atoms with Gasteiger partial charge >= 0.3 is 19.8 Å². The van der Waals surface area contributed by atoms with E-state index in [0.717, 1.165) is 12.9 Å². The van der Waals surface area contributed by atoms with Gasteiger partial charge in [0.1, 0.15) is 14.6 Å². The molecule has 0 saturated carbocycles. The van der Waals surface area contributed by atoms with Crippen LogP contribution < -0.4 is 0 Å². The molecule has 0 fully saturated rings. The summed E-state index contributed by atoms with van der Waals surface area (Å²) < 4.78 is 8.71. The molecular weight excluding hydrogens is 412 g/mol. The minimum Gasteiger partial charge on any atom is -0.459 e. The van der Waals surface area contributed by atoms with Crippen LogP contribution in [-0.4, -0.2) is 33.1 Å². The van der Waals surface area contributed by atoms with Gasteiger partial charge in [-0.15, -0.1) is 24.5 Å². The van der Waals surface area contributed by atoms with Gasteiger partial charge in [0.15, 0.2) is 0 Å². The average molecular weight is 428 g/mol.